The zero-order valence-electron chi connectivity index (χ0n) is 37.0. The molecule has 0 saturated heterocycles. The molecule has 1 heterocycles. The molecule has 320 valence electrons. The lowest BCUT2D eigenvalue weighted by atomic mass is 9.94. The number of nitrogens with two attached hydrogens (primary N) is 1. The summed E-state index contributed by atoms with van der Waals surface area (Å²) in [6.45, 7) is 2.08. The van der Waals surface area contributed by atoms with Gasteiger partial charge in [0.15, 0.2) is 23.3 Å². The molecule has 2 N–H and O–H groups in total. The maximum absolute atomic E-state index is 6.61. The van der Waals surface area contributed by atoms with E-state index in [1.54, 1.807) is 0 Å². The summed E-state index contributed by atoms with van der Waals surface area (Å²) >= 11 is 0. The zero-order valence-corrected chi connectivity index (χ0v) is 37.0. The smallest absolute Gasteiger partial charge is 0.164 e. The fraction of sp³-hybridized carbons (Fsp3) is 0.0328. The monoisotopic (exact) mass is 862 g/mol. The lowest BCUT2D eigenvalue weighted by Crippen LogP contribution is -2.16. The molecule has 10 aromatic rings. The first kappa shape index (κ1) is 42.1. The maximum Gasteiger partial charge on any atom is 0.164 e. The second-order valence-corrected chi connectivity index (χ2v) is 16.3. The van der Waals surface area contributed by atoms with Crippen LogP contribution in [0, 0.1) is 0 Å². The lowest BCUT2D eigenvalue weighted by Gasteiger charge is -2.12. The second kappa shape index (κ2) is 19.5. The van der Waals surface area contributed by atoms with Crippen molar-refractivity contribution in [2.24, 2.45) is 15.7 Å². The first-order chi connectivity index (χ1) is 33.0. The first-order valence-electron chi connectivity index (χ1n) is 22.4. The van der Waals surface area contributed by atoms with Gasteiger partial charge in [0.25, 0.3) is 0 Å². The SMILES string of the molecule is CC(N=C(N=C(N)c1ccccc1)c1cccc(-c2cccc(-c3cccc(-c4cccc(-c5cccc(-c6nc(-c7ccccc7)nc(-c7ccccc7)n6)c5)c4)c3)c2)c1)c1ccccc1. The molecule has 1 unspecified atom stereocenters. The average molecular weight is 863 g/mol. The molecule has 0 aliphatic carbocycles. The molecule has 0 saturated carbocycles. The van der Waals surface area contributed by atoms with Gasteiger partial charge < -0.3 is 5.73 Å². The summed E-state index contributed by atoms with van der Waals surface area (Å²) in [5.74, 6) is 2.90. The quantitative estimate of drug-likeness (QED) is 0.104. The van der Waals surface area contributed by atoms with Crippen LogP contribution in [0.25, 0.3) is 78.7 Å². The zero-order chi connectivity index (χ0) is 45.4. The standard InChI is InChI=1S/C61H46N6/c1-42(43-19-6-2-7-20-43)63-60(64-57(62)44-21-8-3-9-22-44)55-35-17-33-53(40-55)51-31-15-29-49(38-51)47-27-14-28-48(37-47)50-30-16-32-52(39-50)54-34-18-36-56(41-54)61-66-58(45-23-10-4-11-24-45)65-59(67-61)46-25-12-5-13-26-46/h2-42H,1H3,(H2,62,63,64). The van der Waals surface area contributed by atoms with Gasteiger partial charge in [-0.3, -0.25) is 4.99 Å². The van der Waals surface area contributed by atoms with Crippen LogP contribution < -0.4 is 5.73 Å². The van der Waals surface area contributed by atoms with Gasteiger partial charge in [-0.05, 0) is 87.3 Å². The third kappa shape index (κ3) is 9.80. The van der Waals surface area contributed by atoms with Crippen molar-refractivity contribution < 1.29 is 0 Å². The van der Waals surface area contributed by atoms with Crippen molar-refractivity contribution in [3.05, 3.63) is 259 Å². The van der Waals surface area contributed by atoms with Gasteiger partial charge in [-0.25, -0.2) is 19.9 Å². The van der Waals surface area contributed by atoms with Crippen LogP contribution in [0.3, 0.4) is 0 Å². The van der Waals surface area contributed by atoms with Crippen LogP contribution in [0.2, 0.25) is 0 Å². The Bertz CT molecular complexity index is 3310. The molecule has 0 aliphatic heterocycles. The Morgan fingerprint density at radius 3 is 1.10 bits per heavy atom. The van der Waals surface area contributed by atoms with Crippen LogP contribution in [-0.2, 0) is 0 Å². The van der Waals surface area contributed by atoms with Crippen LogP contribution >= 0.6 is 0 Å². The van der Waals surface area contributed by atoms with Gasteiger partial charge in [0.05, 0.1) is 6.04 Å². The third-order valence-electron chi connectivity index (χ3n) is 11.8. The van der Waals surface area contributed by atoms with Gasteiger partial charge in [-0.15, -0.1) is 0 Å². The highest BCUT2D eigenvalue weighted by Crippen LogP contribution is 2.34. The van der Waals surface area contributed by atoms with Crippen molar-refractivity contribution in [2.75, 3.05) is 0 Å². The normalized spacial score (nSPS) is 12.1. The Hall–Kier alpha value is -8.87. The van der Waals surface area contributed by atoms with Crippen LogP contribution in [0.4, 0.5) is 0 Å². The van der Waals surface area contributed by atoms with E-state index >= 15 is 0 Å². The molecular weight excluding hydrogens is 817 g/mol. The van der Waals surface area contributed by atoms with Gasteiger partial charge in [0, 0.05) is 27.8 Å². The highest BCUT2D eigenvalue weighted by Gasteiger charge is 2.15. The molecule has 10 rings (SSSR count). The predicted octanol–water partition coefficient (Wildman–Crippen LogP) is 14.5. The van der Waals surface area contributed by atoms with E-state index < -0.39 is 0 Å². The Morgan fingerprint density at radius 1 is 0.343 bits per heavy atom. The van der Waals surface area contributed by atoms with Crippen LogP contribution in [0.5, 0.6) is 0 Å². The minimum atomic E-state index is -0.127. The van der Waals surface area contributed by atoms with Crippen molar-refractivity contribution in [3.8, 4) is 78.7 Å². The number of amidine groups is 2. The number of rotatable bonds is 11. The number of hydrogen-bond acceptors (Lipinski definition) is 4. The van der Waals surface area contributed by atoms with E-state index in [1.807, 2.05) is 109 Å². The summed E-state index contributed by atoms with van der Waals surface area (Å²) in [5.41, 5.74) is 21.1. The molecule has 6 heteroatoms. The van der Waals surface area contributed by atoms with Crippen LogP contribution in [0.1, 0.15) is 29.7 Å². The molecule has 0 amide bonds. The number of aliphatic imine (C=N–C) groups is 2. The largest absolute Gasteiger partial charge is 0.383 e. The highest BCUT2D eigenvalue weighted by atomic mass is 15.0. The van der Waals surface area contributed by atoms with Crippen molar-refractivity contribution >= 4 is 11.7 Å². The molecule has 6 nitrogen and oxygen atoms in total. The second-order valence-electron chi connectivity index (χ2n) is 16.3. The minimum absolute atomic E-state index is 0.127. The van der Waals surface area contributed by atoms with Crippen molar-refractivity contribution in [1.29, 1.82) is 0 Å². The van der Waals surface area contributed by atoms with E-state index in [9.17, 15) is 0 Å². The number of aromatic nitrogens is 3. The van der Waals surface area contributed by atoms with Crippen molar-refractivity contribution in [3.63, 3.8) is 0 Å². The third-order valence-corrected chi connectivity index (χ3v) is 11.8. The predicted molar refractivity (Wildman–Crippen MR) is 276 cm³/mol. The lowest BCUT2D eigenvalue weighted by molar-refractivity contribution is 0.818. The van der Waals surface area contributed by atoms with Gasteiger partial charge in [-0.1, -0.05) is 212 Å². The van der Waals surface area contributed by atoms with E-state index in [1.165, 1.54) is 0 Å². The van der Waals surface area contributed by atoms with E-state index in [2.05, 4.69) is 140 Å². The minimum Gasteiger partial charge on any atom is -0.383 e. The molecule has 0 radical (unpaired) electrons. The molecule has 0 fully saturated rings. The Balaban J connectivity index is 0.943. The molecule has 1 atom stereocenters. The summed E-state index contributed by atoms with van der Waals surface area (Å²) in [4.78, 5) is 24.9. The summed E-state index contributed by atoms with van der Waals surface area (Å²) in [7, 11) is 0. The highest BCUT2D eigenvalue weighted by molar-refractivity contribution is 6.11. The summed E-state index contributed by atoms with van der Waals surface area (Å²) < 4.78 is 0. The van der Waals surface area contributed by atoms with Gasteiger partial charge in [0.1, 0.15) is 5.84 Å². The van der Waals surface area contributed by atoms with Gasteiger partial charge in [-0.2, -0.15) is 0 Å². The fourth-order valence-corrected chi connectivity index (χ4v) is 8.19. The van der Waals surface area contributed by atoms with Gasteiger partial charge >= 0.3 is 0 Å². The first-order valence-corrected chi connectivity index (χ1v) is 22.4. The molecule has 67 heavy (non-hydrogen) atoms. The number of nitrogens with zero attached hydrogens (tertiary/aromatic N) is 5. The van der Waals surface area contributed by atoms with Gasteiger partial charge in [0.2, 0.25) is 0 Å². The van der Waals surface area contributed by atoms with Crippen molar-refractivity contribution in [2.45, 2.75) is 13.0 Å². The molecule has 0 aliphatic rings. The van der Waals surface area contributed by atoms with Crippen LogP contribution in [0.15, 0.2) is 253 Å². The molecule has 0 bridgehead atoms. The average Bonchev–Trinajstić information content (AvgIpc) is 3.41. The van der Waals surface area contributed by atoms with E-state index in [4.69, 9.17) is 30.7 Å². The van der Waals surface area contributed by atoms with E-state index in [-0.39, 0.29) is 6.04 Å². The van der Waals surface area contributed by atoms with Crippen LogP contribution in [-0.4, -0.2) is 26.6 Å². The van der Waals surface area contributed by atoms with E-state index in [0.29, 0.717) is 29.1 Å². The Labute approximate surface area is 391 Å². The van der Waals surface area contributed by atoms with E-state index in [0.717, 1.165) is 77.9 Å². The van der Waals surface area contributed by atoms with Crippen molar-refractivity contribution in [1.82, 2.24) is 15.0 Å². The summed E-state index contributed by atoms with van der Waals surface area (Å²) in [5, 5.41) is 0. The molecular formula is C61H46N6. The molecule has 9 aromatic carbocycles. The summed E-state index contributed by atoms with van der Waals surface area (Å²) in [6, 6.07) is 83.1. The number of benzene rings is 9. The Morgan fingerprint density at radius 2 is 0.657 bits per heavy atom. The fourth-order valence-electron chi connectivity index (χ4n) is 8.19. The topological polar surface area (TPSA) is 89.4 Å². The molecule has 0 spiro atoms. The summed E-state index contributed by atoms with van der Waals surface area (Å²) in [6.07, 6.45) is 0. The molecule has 1 aromatic heterocycles. The maximum atomic E-state index is 6.61. The number of hydrogen-bond donors (Lipinski definition) is 1. The Kier molecular flexibility index (Phi) is 12.2.